The Balaban J connectivity index is 2.24. The second-order valence-electron chi connectivity index (χ2n) is 5.47. The molecule has 3 rings (SSSR count). The monoisotopic (exact) mass is 444 g/mol. The summed E-state index contributed by atoms with van der Waals surface area (Å²) in [7, 11) is -4.58. The summed E-state index contributed by atoms with van der Waals surface area (Å²) in [6.45, 7) is 1.80. The number of aromatic nitrogens is 1. The molecule has 0 aliphatic heterocycles. The minimum atomic E-state index is -4.58. The van der Waals surface area contributed by atoms with Gasteiger partial charge in [-0.15, -0.1) is 0 Å². The van der Waals surface area contributed by atoms with E-state index in [9.17, 15) is 22.0 Å². The second-order valence-corrected chi connectivity index (χ2v) is 7.82. The molecule has 1 heterocycles. The van der Waals surface area contributed by atoms with Gasteiger partial charge in [-0.05, 0) is 42.8 Å². The molecule has 2 aromatic carbocycles. The van der Waals surface area contributed by atoms with E-state index in [4.69, 9.17) is 9.56 Å². The number of aryl methyl sites for hydroxylation is 1. The maximum atomic E-state index is 14.1. The van der Waals surface area contributed by atoms with Crippen LogP contribution >= 0.6 is 15.9 Å². The van der Waals surface area contributed by atoms with E-state index in [1.807, 2.05) is 0 Å². The van der Waals surface area contributed by atoms with Crippen LogP contribution in [0.4, 0.5) is 8.78 Å². The zero-order valence-corrected chi connectivity index (χ0v) is 15.6. The van der Waals surface area contributed by atoms with Gasteiger partial charge in [0.15, 0.2) is 4.90 Å². The van der Waals surface area contributed by atoms with Gasteiger partial charge in [0, 0.05) is 10.0 Å². The smallest absolute Gasteiger partial charge is 0.415 e. The Morgan fingerprint density at radius 1 is 1.15 bits per heavy atom. The molecular weight excluding hydrogens is 434 g/mol. The van der Waals surface area contributed by atoms with Crippen LogP contribution in [-0.2, 0) is 10.0 Å². The highest BCUT2D eigenvalue weighted by atomic mass is 79.9. The highest BCUT2D eigenvalue weighted by molar-refractivity contribution is 9.10. The van der Waals surface area contributed by atoms with Crippen LogP contribution in [0.5, 0.6) is 0 Å². The Morgan fingerprint density at radius 3 is 2.31 bits per heavy atom. The molecule has 0 saturated carbocycles. The Hall–Kier alpha value is -2.30. The topological polar surface area (TPSA) is 95.3 Å². The van der Waals surface area contributed by atoms with Crippen molar-refractivity contribution < 1.29 is 21.6 Å². The van der Waals surface area contributed by atoms with Crippen molar-refractivity contribution in [1.29, 1.82) is 0 Å². The number of benzene rings is 2. The number of sulfonamides is 1. The van der Waals surface area contributed by atoms with Gasteiger partial charge in [0.25, 0.3) is 0 Å². The van der Waals surface area contributed by atoms with Crippen molar-refractivity contribution in [2.75, 3.05) is 0 Å². The summed E-state index contributed by atoms with van der Waals surface area (Å²) in [5.41, 5.74) is 1.20. The standard InChI is InChI=1S/C16H11BrF2N2O4S/c1-8-4-10(2-3-11(8)17)21-14(7-25-16(21)22)9-5-12(18)15(13(19)6-9)26(20,23)24/h2-7H,1H3,(H2,20,23,24). The molecule has 0 spiro atoms. The molecule has 0 saturated heterocycles. The summed E-state index contributed by atoms with van der Waals surface area (Å²) in [5, 5.41) is 4.82. The number of hydrogen-bond acceptors (Lipinski definition) is 4. The number of rotatable bonds is 3. The first-order valence-corrected chi connectivity index (χ1v) is 9.43. The van der Waals surface area contributed by atoms with E-state index in [0.717, 1.165) is 33.0 Å². The largest absolute Gasteiger partial charge is 0.424 e. The van der Waals surface area contributed by atoms with Gasteiger partial charge in [0.05, 0.1) is 11.4 Å². The number of nitrogens with zero attached hydrogens (tertiary/aromatic N) is 1. The van der Waals surface area contributed by atoms with E-state index in [1.165, 1.54) is 0 Å². The molecule has 26 heavy (non-hydrogen) atoms. The number of hydrogen-bond donors (Lipinski definition) is 1. The minimum absolute atomic E-state index is 0.0514. The van der Waals surface area contributed by atoms with E-state index in [2.05, 4.69) is 15.9 Å². The van der Waals surface area contributed by atoms with Crippen LogP contribution < -0.4 is 10.9 Å². The van der Waals surface area contributed by atoms with E-state index < -0.39 is 32.3 Å². The van der Waals surface area contributed by atoms with Crippen molar-refractivity contribution >= 4 is 26.0 Å². The Kier molecular flexibility index (Phi) is 4.59. The lowest BCUT2D eigenvalue weighted by Crippen LogP contribution is -2.17. The zero-order chi connectivity index (χ0) is 19.2. The van der Waals surface area contributed by atoms with Crippen LogP contribution in [0, 0.1) is 18.6 Å². The first kappa shape index (κ1) is 18.5. The summed E-state index contributed by atoms with van der Waals surface area (Å²) in [5.74, 6) is -3.50. The number of nitrogens with two attached hydrogens (primary N) is 1. The summed E-state index contributed by atoms with van der Waals surface area (Å²) < 4.78 is 57.7. The highest BCUT2D eigenvalue weighted by Crippen LogP contribution is 2.28. The van der Waals surface area contributed by atoms with Crippen LogP contribution in [0.3, 0.4) is 0 Å². The number of halogens is 3. The minimum Gasteiger partial charge on any atom is -0.415 e. The summed E-state index contributed by atoms with van der Waals surface area (Å²) in [6, 6.07) is 6.54. The van der Waals surface area contributed by atoms with Crippen molar-refractivity contribution in [2.45, 2.75) is 11.8 Å². The fourth-order valence-electron chi connectivity index (χ4n) is 2.50. The van der Waals surface area contributed by atoms with Crippen LogP contribution in [0.1, 0.15) is 5.56 Å². The maximum Gasteiger partial charge on any atom is 0.424 e. The highest BCUT2D eigenvalue weighted by Gasteiger charge is 2.23. The van der Waals surface area contributed by atoms with Crippen molar-refractivity contribution in [1.82, 2.24) is 4.57 Å². The molecular formula is C16H11BrF2N2O4S. The average Bonchev–Trinajstić information content (AvgIpc) is 2.89. The van der Waals surface area contributed by atoms with Gasteiger partial charge < -0.3 is 4.42 Å². The molecule has 10 heteroatoms. The molecule has 0 fully saturated rings. The Labute approximate surface area is 155 Å². The zero-order valence-electron chi connectivity index (χ0n) is 13.2. The summed E-state index contributed by atoms with van der Waals surface area (Å²) >= 11 is 3.34. The average molecular weight is 445 g/mol. The van der Waals surface area contributed by atoms with E-state index in [0.29, 0.717) is 5.69 Å². The molecule has 0 radical (unpaired) electrons. The van der Waals surface area contributed by atoms with Crippen molar-refractivity contribution in [3.8, 4) is 16.9 Å². The molecule has 0 aliphatic carbocycles. The van der Waals surface area contributed by atoms with Gasteiger partial charge in [-0.25, -0.2) is 31.7 Å². The van der Waals surface area contributed by atoms with Crippen LogP contribution in [0.2, 0.25) is 0 Å². The van der Waals surface area contributed by atoms with Gasteiger partial charge in [0.1, 0.15) is 17.9 Å². The predicted octanol–water partition coefficient (Wildman–Crippen LogP) is 3.09. The lowest BCUT2D eigenvalue weighted by Gasteiger charge is -2.10. The van der Waals surface area contributed by atoms with Crippen LogP contribution in [0.25, 0.3) is 16.9 Å². The lowest BCUT2D eigenvalue weighted by atomic mass is 10.1. The molecule has 0 atom stereocenters. The molecule has 1 aromatic heterocycles. The molecule has 136 valence electrons. The van der Waals surface area contributed by atoms with Gasteiger partial charge in [0.2, 0.25) is 10.0 Å². The number of primary sulfonamides is 1. The van der Waals surface area contributed by atoms with Gasteiger partial charge in [-0.2, -0.15) is 0 Å². The van der Waals surface area contributed by atoms with Crippen molar-refractivity contribution in [3.05, 3.63) is 68.8 Å². The molecule has 2 N–H and O–H groups in total. The van der Waals surface area contributed by atoms with E-state index in [1.54, 1.807) is 25.1 Å². The quantitative estimate of drug-likeness (QED) is 0.671. The SMILES string of the molecule is Cc1cc(-n2c(-c3cc(F)c(S(N)(=O)=O)c(F)c3)coc2=O)ccc1Br. The third-order valence-corrected chi connectivity index (χ3v) is 5.52. The molecule has 0 aliphatic rings. The third-order valence-electron chi connectivity index (χ3n) is 3.67. The van der Waals surface area contributed by atoms with Gasteiger partial charge >= 0.3 is 5.76 Å². The first-order chi connectivity index (χ1) is 12.1. The van der Waals surface area contributed by atoms with Crippen LogP contribution in [0.15, 0.2) is 55.2 Å². The lowest BCUT2D eigenvalue weighted by molar-refractivity contribution is 0.504. The van der Waals surface area contributed by atoms with Crippen LogP contribution in [-0.4, -0.2) is 13.0 Å². The predicted molar refractivity (Wildman–Crippen MR) is 93.5 cm³/mol. The summed E-state index contributed by atoms with van der Waals surface area (Å²) in [6.07, 6.45) is 1.03. The Morgan fingerprint density at radius 2 is 1.77 bits per heavy atom. The second kappa shape index (κ2) is 6.45. The van der Waals surface area contributed by atoms with Gasteiger partial charge in [-0.3, -0.25) is 0 Å². The van der Waals surface area contributed by atoms with Crippen molar-refractivity contribution in [3.63, 3.8) is 0 Å². The normalized spacial score (nSPS) is 11.7. The Bertz CT molecular complexity index is 1160. The van der Waals surface area contributed by atoms with E-state index >= 15 is 0 Å². The summed E-state index contributed by atoms with van der Waals surface area (Å²) in [4.78, 5) is 10.8. The molecule has 0 amide bonds. The fourth-order valence-corrected chi connectivity index (χ4v) is 3.41. The third kappa shape index (κ3) is 3.22. The molecule has 0 unspecified atom stereocenters. The van der Waals surface area contributed by atoms with Crippen molar-refractivity contribution in [2.24, 2.45) is 5.14 Å². The molecule has 6 nitrogen and oxygen atoms in total. The van der Waals surface area contributed by atoms with E-state index in [-0.39, 0.29) is 11.3 Å². The number of oxazole rings is 1. The molecule has 3 aromatic rings. The maximum absolute atomic E-state index is 14.1. The fraction of sp³-hybridized carbons (Fsp3) is 0.0625. The van der Waals surface area contributed by atoms with Gasteiger partial charge in [-0.1, -0.05) is 15.9 Å². The molecule has 0 bridgehead atoms. The first-order valence-electron chi connectivity index (χ1n) is 7.09.